The van der Waals surface area contributed by atoms with Crippen molar-refractivity contribution >= 4 is 41.0 Å². The van der Waals surface area contributed by atoms with Gasteiger partial charge in [0.25, 0.3) is 0 Å². The van der Waals surface area contributed by atoms with Crippen LogP contribution in [-0.4, -0.2) is 52.1 Å². The van der Waals surface area contributed by atoms with Crippen molar-refractivity contribution in [2.45, 2.75) is 32.8 Å². The Morgan fingerprint density at radius 1 is 1.17 bits per heavy atom. The van der Waals surface area contributed by atoms with Gasteiger partial charge in [-0.25, -0.2) is 4.98 Å². The Labute approximate surface area is 215 Å². The minimum atomic E-state index is -0.339. The molecular weight excluding hydrogens is 487 g/mol. The van der Waals surface area contributed by atoms with Crippen molar-refractivity contribution in [3.05, 3.63) is 64.8 Å². The van der Waals surface area contributed by atoms with Crippen LogP contribution in [0.4, 0.5) is 5.95 Å². The molecule has 0 saturated carbocycles. The second-order valence-corrected chi connectivity index (χ2v) is 9.74. The van der Waals surface area contributed by atoms with Gasteiger partial charge in [0.1, 0.15) is 6.54 Å². The number of hydrogen-bond acceptors (Lipinski definition) is 4. The predicted octanol–water partition coefficient (Wildman–Crippen LogP) is 5.45. The number of amides is 2. The highest BCUT2D eigenvalue weighted by Crippen LogP contribution is 2.27. The Morgan fingerprint density at radius 2 is 1.94 bits per heavy atom. The summed E-state index contributed by atoms with van der Waals surface area (Å²) < 4.78 is 7.46. The summed E-state index contributed by atoms with van der Waals surface area (Å²) in [6, 6.07) is 14.6. The van der Waals surface area contributed by atoms with Gasteiger partial charge < -0.3 is 9.64 Å². The number of ether oxygens (including phenoxy) is 1. The molecule has 0 bridgehead atoms. The third-order valence-corrected chi connectivity index (χ3v) is 6.26. The van der Waals surface area contributed by atoms with Crippen LogP contribution in [0, 0.1) is 5.92 Å². The zero-order valence-electron chi connectivity index (χ0n) is 19.7. The number of imidazole rings is 1. The van der Waals surface area contributed by atoms with Crippen molar-refractivity contribution in [3.63, 3.8) is 0 Å². The first-order valence-corrected chi connectivity index (χ1v) is 12.4. The second-order valence-electron chi connectivity index (χ2n) is 8.86. The number of carbonyl (C=O) groups excluding carboxylic acids is 2. The van der Waals surface area contributed by atoms with Crippen LogP contribution in [0.25, 0.3) is 16.9 Å². The van der Waals surface area contributed by atoms with E-state index in [1.54, 1.807) is 33.7 Å². The summed E-state index contributed by atoms with van der Waals surface area (Å²) in [6.45, 7) is 4.64. The van der Waals surface area contributed by atoms with E-state index in [9.17, 15) is 9.59 Å². The van der Waals surface area contributed by atoms with Crippen molar-refractivity contribution in [2.24, 2.45) is 5.92 Å². The molecule has 184 valence electrons. The summed E-state index contributed by atoms with van der Waals surface area (Å²) in [6.07, 6.45) is 3.63. The molecular formula is C26H28Cl2N4O3. The Kier molecular flexibility index (Phi) is 8.11. The number of carbonyl (C=O) groups is 2. The van der Waals surface area contributed by atoms with Crippen molar-refractivity contribution in [2.75, 3.05) is 25.0 Å². The molecule has 0 spiro atoms. The SMILES string of the molecule is CC(C)C(=O)N(CC(=O)Nc1nc(-c2ccc(Cl)cc2)cn1-c1cccc(Cl)c1)C[C@H]1CCCO1. The average molecular weight is 515 g/mol. The second kappa shape index (κ2) is 11.2. The lowest BCUT2D eigenvalue weighted by molar-refractivity contribution is -0.139. The van der Waals surface area contributed by atoms with Gasteiger partial charge in [-0.15, -0.1) is 0 Å². The number of halogens is 2. The van der Waals surface area contributed by atoms with Crippen LogP contribution in [0.15, 0.2) is 54.7 Å². The molecule has 1 N–H and O–H groups in total. The molecule has 1 aliphatic rings. The molecule has 7 nitrogen and oxygen atoms in total. The van der Waals surface area contributed by atoms with E-state index in [1.807, 2.05) is 44.3 Å². The topological polar surface area (TPSA) is 76.5 Å². The lowest BCUT2D eigenvalue weighted by Crippen LogP contribution is -2.44. The first kappa shape index (κ1) is 25.2. The molecule has 0 unspecified atom stereocenters. The maximum Gasteiger partial charge on any atom is 0.246 e. The molecule has 2 aromatic carbocycles. The lowest BCUT2D eigenvalue weighted by Gasteiger charge is -2.26. The first-order valence-electron chi connectivity index (χ1n) is 11.6. The van der Waals surface area contributed by atoms with Gasteiger partial charge in [-0.05, 0) is 43.2 Å². The van der Waals surface area contributed by atoms with Gasteiger partial charge in [0.15, 0.2) is 0 Å². The summed E-state index contributed by atoms with van der Waals surface area (Å²) in [7, 11) is 0. The highest BCUT2D eigenvalue weighted by atomic mass is 35.5. The van der Waals surface area contributed by atoms with Gasteiger partial charge in [-0.3, -0.25) is 19.5 Å². The van der Waals surface area contributed by atoms with Crippen LogP contribution in [0.5, 0.6) is 0 Å². The summed E-state index contributed by atoms with van der Waals surface area (Å²) in [5, 5.41) is 4.07. The number of aromatic nitrogens is 2. The third-order valence-electron chi connectivity index (χ3n) is 5.77. The third kappa shape index (κ3) is 6.42. The Morgan fingerprint density at radius 3 is 2.60 bits per heavy atom. The molecule has 2 heterocycles. The number of nitrogens with one attached hydrogen (secondary N) is 1. The minimum absolute atomic E-state index is 0.0459. The van der Waals surface area contributed by atoms with E-state index in [2.05, 4.69) is 10.3 Å². The van der Waals surface area contributed by atoms with E-state index in [-0.39, 0.29) is 30.4 Å². The van der Waals surface area contributed by atoms with Crippen LogP contribution in [0.1, 0.15) is 26.7 Å². The van der Waals surface area contributed by atoms with Crippen LogP contribution < -0.4 is 5.32 Å². The summed E-state index contributed by atoms with van der Waals surface area (Å²) in [5.74, 6) is -0.324. The molecule has 35 heavy (non-hydrogen) atoms. The van der Waals surface area contributed by atoms with Crippen LogP contribution in [-0.2, 0) is 14.3 Å². The quantitative estimate of drug-likeness (QED) is 0.433. The zero-order chi connectivity index (χ0) is 24.9. The molecule has 1 saturated heterocycles. The van der Waals surface area contributed by atoms with Gasteiger partial charge in [-0.2, -0.15) is 0 Å². The van der Waals surface area contributed by atoms with Crippen LogP contribution in [0.3, 0.4) is 0 Å². The number of rotatable bonds is 8. The van der Waals surface area contributed by atoms with Gasteiger partial charge in [0.05, 0.1) is 11.8 Å². The van der Waals surface area contributed by atoms with Crippen LogP contribution in [0.2, 0.25) is 10.0 Å². The fraction of sp³-hybridized carbons (Fsp3) is 0.346. The van der Waals surface area contributed by atoms with E-state index in [4.69, 9.17) is 27.9 Å². The standard InChI is InChI=1S/C26H28Cl2N4O3/c1-17(2)25(34)31(14-22-7-4-12-35-22)16-24(33)30-26-29-23(18-8-10-19(27)11-9-18)15-32(26)21-6-3-5-20(28)13-21/h3,5-6,8-11,13,15,17,22H,4,7,12,14,16H2,1-2H3,(H,29,30,33)/t22-/m1/s1. The molecule has 1 aromatic heterocycles. The minimum Gasteiger partial charge on any atom is -0.376 e. The van der Waals surface area contributed by atoms with Crippen molar-refractivity contribution < 1.29 is 14.3 Å². The summed E-state index contributed by atoms with van der Waals surface area (Å²) >= 11 is 12.3. The van der Waals surface area contributed by atoms with Crippen LogP contribution >= 0.6 is 23.2 Å². The zero-order valence-corrected chi connectivity index (χ0v) is 21.2. The number of hydrogen-bond donors (Lipinski definition) is 1. The van der Waals surface area contributed by atoms with E-state index >= 15 is 0 Å². The fourth-order valence-corrected chi connectivity index (χ4v) is 4.33. The maximum atomic E-state index is 13.1. The van der Waals surface area contributed by atoms with E-state index in [0.717, 1.165) is 24.1 Å². The van der Waals surface area contributed by atoms with Crippen molar-refractivity contribution in [1.29, 1.82) is 0 Å². The van der Waals surface area contributed by atoms with Gasteiger partial charge in [-0.1, -0.05) is 55.2 Å². The lowest BCUT2D eigenvalue weighted by atomic mass is 10.1. The highest BCUT2D eigenvalue weighted by molar-refractivity contribution is 6.31. The van der Waals surface area contributed by atoms with E-state index in [0.29, 0.717) is 34.8 Å². The molecule has 9 heteroatoms. The highest BCUT2D eigenvalue weighted by Gasteiger charge is 2.26. The van der Waals surface area contributed by atoms with Gasteiger partial charge in [0, 0.05) is 46.6 Å². The van der Waals surface area contributed by atoms with Gasteiger partial charge in [0.2, 0.25) is 17.8 Å². The molecule has 0 aliphatic carbocycles. The maximum absolute atomic E-state index is 13.1. The largest absolute Gasteiger partial charge is 0.376 e. The normalized spacial score (nSPS) is 15.4. The monoisotopic (exact) mass is 514 g/mol. The molecule has 2 amide bonds. The Balaban J connectivity index is 1.60. The molecule has 1 atom stereocenters. The number of benzene rings is 2. The molecule has 1 fully saturated rings. The van der Waals surface area contributed by atoms with E-state index in [1.165, 1.54) is 0 Å². The Bertz CT molecular complexity index is 1190. The van der Waals surface area contributed by atoms with Crippen molar-refractivity contribution in [3.8, 4) is 16.9 Å². The van der Waals surface area contributed by atoms with Gasteiger partial charge >= 0.3 is 0 Å². The number of anilines is 1. The predicted molar refractivity (Wildman–Crippen MR) is 138 cm³/mol. The molecule has 3 aromatic rings. The summed E-state index contributed by atoms with van der Waals surface area (Å²) in [5.41, 5.74) is 2.25. The van der Waals surface area contributed by atoms with E-state index < -0.39 is 0 Å². The van der Waals surface area contributed by atoms with Crippen molar-refractivity contribution in [1.82, 2.24) is 14.5 Å². The fourth-order valence-electron chi connectivity index (χ4n) is 4.02. The molecule has 4 rings (SSSR count). The number of nitrogens with zero attached hydrogens (tertiary/aromatic N) is 3. The average Bonchev–Trinajstić information content (AvgIpc) is 3.48. The first-order chi connectivity index (χ1) is 16.8. The summed E-state index contributed by atoms with van der Waals surface area (Å²) in [4.78, 5) is 32.2. The Hall–Kier alpha value is -2.87. The smallest absolute Gasteiger partial charge is 0.246 e. The molecule has 1 aliphatic heterocycles. The molecule has 0 radical (unpaired) electrons.